The number of carbonyl (C=O) groups is 2. The van der Waals surface area contributed by atoms with E-state index in [1.54, 1.807) is 6.92 Å². The van der Waals surface area contributed by atoms with Crippen molar-refractivity contribution >= 4 is 11.9 Å². The van der Waals surface area contributed by atoms with Gasteiger partial charge in [-0.25, -0.2) is 0 Å². The molecule has 0 aliphatic heterocycles. The molecule has 4 heteroatoms. The summed E-state index contributed by atoms with van der Waals surface area (Å²) in [5.74, 6) is -0.491. The van der Waals surface area contributed by atoms with Crippen molar-refractivity contribution in [2.24, 2.45) is 0 Å². The van der Waals surface area contributed by atoms with Crippen molar-refractivity contribution in [1.82, 2.24) is 0 Å². The molecule has 0 unspecified atom stereocenters. The highest BCUT2D eigenvalue weighted by Crippen LogP contribution is 2.15. The van der Waals surface area contributed by atoms with Gasteiger partial charge < -0.3 is 9.47 Å². The second-order valence-corrected chi connectivity index (χ2v) is 4.33. The summed E-state index contributed by atoms with van der Waals surface area (Å²) in [7, 11) is 1.37. The fraction of sp³-hybridized carbons (Fsp3) is 0.467. The van der Waals surface area contributed by atoms with Crippen LogP contribution >= 0.6 is 0 Å². The van der Waals surface area contributed by atoms with Gasteiger partial charge in [-0.05, 0) is 31.4 Å². The molecule has 0 spiro atoms. The summed E-state index contributed by atoms with van der Waals surface area (Å²) in [6.45, 7) is 4.13. The molecule has 0 bridgehead atoms. The van der Waals surface area contributed by atoms with E-state index >= 15 is 0 Å². The first-order valence-electron chi connectivity index (χ1n) is 6.37. The number of carbonyl (C=O) groups excluding carboxylic acids is 2. The molecule has 0 amide bonds. The molecule has 0 fully saturated rings. The Morgan fingerprint density at radius 1 is 1.16 bits per heavy atom. The molecule has 0 aliphatic rings. The van der Waals surface area contributed by atoms with E-state index in [9.17, 15) is 9.59 Å². The van der Waals surface area contributed by atoms with Gasteiger partial charge >= 0.3 is 11.9 Å². The van der Waals surface area contributed by atoms with Gasteiger partial charge in [0.05, 0.1) is 20.1 Å². The average molecular weight is 264 g/mol. The van der Waals surface area contributed by atoms with Crippen molar-refractivity contribution in [2.75, 3.05) is 13.7 Å². The summed E-state index contributed by atoms with van der Waals surface area (Å²) in [4.78, 5) is 22.7. The molecule has 0 atom stereocenters. The van der Waals surface area contributed by atoms with Crippen molar-refractivity contribution in [3.05, 3.63) is 34.9 Å². The molecular weight excluding hydrogens is 244 g/mol. The quantitative estimate of drug-likeness (QED) is 0.739. The summed E-state index contributed by atoms with van der Waals surface area (Å²) >= 11 is 0. The Balaban J connectivity index is 2.79. The molecule has 1 aromatic carbocycles. The molecule has 4 nitrogen and oxygen atoms in total. The van der Waals surface area contributed by atoms with Crippen LogP contribution in [0, 0.1) is 6.92 Å². The molecular formula is C15H20O4. The van der Waals surface area contributed by atoms with E-state index in [0.717, 1.165) is 16.7 Å². The van der Waals surface area contributed by atoms with Crippen LogP contribution in [0.4, 0.5) is 0 Å². The minimum atomic E-state index is -0.248. The number of hydrogen-bond acceptors (Lipinski definition) is 4. The van der Waals surface area contributed by atoms with E-state index in [-0.39, 0.29) is 18.4 Å². The number of aryl methyl sites for hydroxylation is 2. The van der Waals surface area contributed by atoms with E-state index in [4.69, 9.17) is 4.74 Å². The van der Waals surface area contributed by atoms with Crippen LogP contribution in [-0.4, -0.2) is 25.7 Å². The Kier molecular flexibility index (Phi) is 6.06. The maximum Gasteiger partial charge on any atom is 0.310 e. The molecule has 104 valence electrons. The highest BCUT2D eigenvalue weighted by Gasteiger charge is 2.11. The van der Waals surface area contributed by atoms with Gasteiger partial charge in [0.1, 0.15) is 0 Å². The summed E-state index contributed by atoms with van der Waals surface area (Å²) in [5.41, 5.74) is 2.99. The summed E-state index contributed by atoms with van der Waals surface area (Å²) < 4.78 is 9.58. The molecule has 0 N–H and O–H groups in total. The zero-order chi connectivity index (χ0) is 14.3. The molecule has 1 aromatic rings. The Morgan fingerprint density at radius 3 is 2.53 bits per heavy atom. The third kappa shape index (κ3) is 5.12. The molecule has 19 heavy (non-hydrogen) atoms. The highest BCUT2D eigenvalue weighted by atomic mass is 16.5. The van der Waals surface area contributed by atoms with Crippen LogP contribution in [0.2, 0.25) is 0 Å². The molecule has 0 saturated carbocycles. The Bertz CT molecular complexity index is 451. The first-order valence-corrected chi connectivity index (χ1v) is 6.37. The van der Waals surface area contributed by atoms with Crippen LogP contribution in [0.1, 0.15) is 30.0 Å². The fourth-order valence-corrected chi connectivity index (χ4v) is 1.87. The average Bonchev–Trinajstić information content (AvgIpc) is 2.37. The maximum atomic E-state index is 11.6. The third-order valence-corrected chi connectivity index (χ3v) is 2.83. The second kappa shape index (κ2) is 7.56. The second-order valence-electron chi connectivity index (χ2n) is 4.33. The van der Waals surface area contributed by atoms with Gasteiger partial charge in [-0.1, -0.05) is 23.8 Å². The number of hydrogen-bond donors (Lipinski definition) is 0. The van der Waals surface area contributed by atoms with Crippen LogP contribution in [0.25, 0.3) is 0 Å². The first kappa shape index (κ1) is 15.2. The molecule has 0 aliphatic carbocycles. The number of rotatable bonds is 6. The normalized spacial score (nSPS) is 10.1. The molecule has 1 rings (SSSR count). The fourth-order valence-electron chi connectivity index (χ4n) is 1.87. The summed E-state index contributed by atoms with van der Waals surface area (Å²) in [6.07, 6.45) is 1.13. The summed E-state index contributed by atoms with van der Waals surface area (Å²) in [5, 5.41) is 0. The van der Waals surface area contributed by atoms with Gasteiger partial charge in [-0.2, -0.15) is 0 Å². The van der Waals surface area contributed by atoms with Crippen LogP contribution in [0.15, 0.2) is 18.2 Å². The summed E-state index contributed by atoms with van der Waals surface area (Å²) in [6, 6.07) is 5.89. The van der Waals surface area contributed by atoms with E-state index < -0.39 is 0 Å². The van der Waals surface area contributed by atoms with E-state index in [2.05, 4.69) is 4.74 Å². The lowest BCUT2D eigenvalue weighted by Crippen LogP contribution is -2.10. The van der Waals surface area contributed by atoms with Crippen LogP contribution in [0.3, 0.4) is 0 Å². The number of methoxy groups -OCH3 is 1. The lowest BCUT2D eigenvalue weighted by atomic mass is 9.98. The van der Waals surface area contributed by atoms with Gasteiger partial charge in [0.2, 0.25) is 0 Å². The Morgan fingerprint density at radius 2 is 1.89 bits per heavy atom. The highest BCUT2D eigenvalue weighted by molar-refractivity contribution is 5.73. The van der Waals surface area contributed by atoms with E-state index in [1.807, 2.05) is 25.1 Å². The number of esters is 2. The number of benzene rings is 1. The predicted octanol–water partition coefficient (Wildman–Crippen LogP) is 2.21. The molecule has 0 saturated heterocycles. The monoisotopic (exact) mass is 264 g/mol. The van der Waals surface area contributed by atoms with Crippen LogP contribution in [-0.2, 0) is 31.9 Å². The van der Waals surface area contributed by atoms with Crippen molar-refractivity contribution < 1.29 is 19.1 Å². The van der Waals surface area contributed by atoms with Gasteiger partial charge in [-0.15, -0.1) is 0 Å². The SMILES string of the molecule is CCOC(=O)Cc1cc(C)ccc1CCC(=O)OC. The zero-order valence-electron chi connectivity index (χ0n) is 11.7. The van der Waals surface area contributed by atoms with E-state index in [1.165, 1.54) is 7.11 Å². The molecule has 0 radical (unpaired) electrons. The number of ether oxygens (including phenoxy) is 2. The van der Waals surface area contributed by atoms with E-state index in [0.29, 0.717) is 19.4 Å². The molecule has 0 heterocycles. The van der Waals surface area contributed by atoms with Crippen molar-refractivity contribution in [3.63, 3.8) is 0 Å². The van der Waals surface area contributed by atoms with Crippen LogP contribution in [0.5, 0.6) is 0 Å². The Labute approximate surface area is 113 Å². The van der Waals surface area contributed by atoms with Crippen LogP contribution < -0.4 is 0 Å². The van der Waals surface area contributed by atoms with Crippen molar-refractivity contribution in [3.8, 4) is 0 Å². The van der Waals surface area contributed by atoms with Gasteiger partial charge in [-0.3, -0.25) is 9.59 Å². The topological polar surface area (TPSA) is 52.6 Å². The standard InChI is InChI=1S/C15H20O4/c1-4-19-15(17)10-13-9-11(2)5-6-12(13)7-8-14(16)18-3/h5-6,9H,4,7-8,10H2,1-3H3. The maximum absolute atomic E-state index is 11.6. The first-order chi connectivity index (χ1) is 9.06. The van der Waals surface area contributed by atoms with Gasteiger partial charge in [0.15, 0.2) is 0 Å². The minimum absolute atomic E-state index is 0.242. The lowest BCUT2D eigenvalue weighted by Gasteiger charge is -2.10. The molecule has 0 aromatic heterocycles. The zero-order valence-corrected chi connectivity index (χ0v) is 11.7. The van der Waals surface area contributed by atoms with Crippen molar-refractivity contribution in [2.45, 2.75) is 33.1 Å². The van der Waals surface area contributed by atoms with Gasteiger partial charge in [0.25, 0.3) is 0 Å². The Hall–Kier alpha value is -1.84. The smallest absolute Gasteiger partial charge is 0.310 e. The third-order valence-electron chi connectivity index (χ3n) is 2.83. The van der Waals surface area contributed by atoms with Crippen molar-refractivity contribution in [1.29, 1.82) is 0 Å². The van der Waals surface area contributed by atoms with Gasteiger partial charge in [0, 0.05) is 6.42 Å². The predicted molar refractivity (Wildman–Crippen MR) is 71.9 cm³/mol. The largest absolute Gasteiger partial charge is 0.469 e. The minimum Gasteiger partial charge on any atom is -0.469 e. The lowest BCUT2D eigenvalue weighted by molar-refractivity contribution is -0.142.